The number of nitrogens with one attached hydrogen (secondary N) is 1. The zero-order chi connectivity index (χ0) is 14.0. The number of anilines is 2. The number of nitrogens with two attached hydrogens (primary N) is 1. The lowest BCUT2D eigenvalue weighted by atomic mass is 10.2. The Hall–Kier alpha value is -2.48. The zero-order valence-electron chi connectivity index (χ0n) is 9.38. The van der Waals surface area contributed by atoms with Gasteiger partial charge < -0.3 is 16.2 Å². The van der Waals surface area contributed by atoms with Gasteiger partial charge in [0, 0.05) is 5.38 Å². The average molecular weight is 281 g/mol. The van der Waals surface area contributed by atoms with Crippen LogP contribution in [0.25, 0.3) is 0 Å². The number of hydrogen-bond donors (Lipinski definition) is 3. The van der Waals surface area contributed by atoms with Gasteiger partial charge in [-0.3, -0.25) is 4.79 Å². The number of halogens is 1. The highest BCUT2D eigenvalue weighted by molar-refractivity contribution is 7.13. The number of nitrogens with zero attached hydrogens (tertiary/aromatic N) is 1. The van der Waals surface area contributed by atoms with Crippen LogP contribution < -0.4 is 11.1 Å². The number of aromatic nitrogens is 1. The summed E-state index contributed by atoms with van der Waals surface area (Å²) in [5, 5.41) is 12.7. The zero-order valence-corrected chi connectivity index (χ0v) is 10.2. The van der Waals surface area contributed by atoms with Crippen molar-refractivity contribution >= 4 is 34.0 Å². The third kappa shape index (κ3) is 2.86. The summed E-state index contributed by atoms with van der Waals surface area (Å²) in [7, 11) is 0. The highest BCUT2D eigenvalue weighted by Gasteiger charge is 2.14. The molecule has 8 heteroatoms. The summed E-state index contributed by atoms with van der Waals surface area (Å²) in [6.07, 6.45) is 0. The summed E-state index contributed by atoms with van der Waals surface area (Å²) in [4.78, 5) is 26.2. The van der Waals surface area contributed by atoms with Gasteiger partial charge in [-0.05, 0) is 18.2 Å². The fourth-order valence-corrected chi connectivity index (χ4v) is 1.88. The second-order valence-corrected chi connectivity index (χ2v) is 4.41. The second-order valence-electron chi connectivity index (χ2n) is 3.52. The minimum atomic E-state index is -1.21. The molecule has 0 aliphatic heterocycles. The predicted octanol–water partition coefficient (Wildman–Crippen LogP) is 1.81. The van der Waals surface area contributed by atoms with Crippen molar-refractivity contribution in [2.24, 2.45) is 0 Å². The van der Waals surface area contributed by atoms with Crippen molar-refractivity contribution in [3.8, 4) is 0 Å². The van der Waals surface area contributed by atoms with Crippen LogP contribution in [-0.4, -0.2) is 22.0 Å². The van der Waals surface area contributed by atoms with Gasteiger partial charge in [-0.1, -0.05) is 0 Å². The van der Waals surface area contributed by atoms with Crippen LogP contribution in [0.4, 0.5) is 15.2 Å². The number of hydrogen-bond acceptors (Lipinski definition) is 5. The lowest BCUT2D eigenvalue weighted by Gasteiger charge is -2.05. The number of carboxylic acids is 1. The van der Waals surface area contributed by atoms with Gasteiger partial charge in [0.1, 0.15) is 11.5 Å². The van der Waals surface area contributed by atoms with Crippen LogP contribution in [0.2, 0.25) is 0 Å². The Kier molecular flexibility index (Phi) is 3.43. The van der Waals surface area contributed by atoms with Crippen LogP contribution in [0, 0.1) is 5.82 Å². The third-order valence-corrected chi connectivity index (χ3v) is 2.89. The van der Waals surface area contributed by atoms with Gasteiger partial charge >= 0.3 is 5.97 Å². The van der Waals surface area contributed by atoms with Crippen molar-refractivity contribution < 1.29 is 19.1 Å². The SMILES string of the molecule is Nc1nc(C(=O)Nc2cc(C(=O)O)ccc2F)cs1. The quantitative estimate of drug-likeness (QED) is 0.795. The van der Waals surface area contributed by atoms with E-state index in [1.54, 1.807) is 0 Å². The van der Waals surface area contributed by atoms with E-state index in [9.17, 15) is 14.0 Å². The summed E-state index contributed by atoms with van der Waals surface area (Å²) in [6, 6.07) is 3.11. The first-order chi connectivity index (χ1) is 8.97. The fourth-order valence-electron chi connectivity index (χ4n) is 1.33. The van der Waals surface area contributed by atoms with E-state index in [0.717, 1.165) is 29.5 Å². The van der Waals surface area contributed by atoms with Crippen LogP contribution in [0.15, 0.2) is 23.6 Å². The normalized spacial score (nSPS) is 10.2. The van der Waals surface area contributed by atoms with Gasteiger partial charge in [0.15, 0.2) is 5.13 Å². The molecule has 0 spiro atoms. The first-order valence-electron chi connectivity index (χ1n) is 5.02. The molecule has 19 heavy (non-hydrogen) atoms. The topological polar surface area (TPSA) is 105 Å². The molecule has 4 N–H and O–H groups in total. The number of thiazole rings is 1. The second kappa shape index (κ2) is 5.02. The average Bonchev–Trinajstić information content (AvgIpc) is 2.78. The molecule has 1 amide bonds. The van der Waals surface area contributed by atoms with E-state index < -0.39 is 17.7 Å². The van der Waals surface area contributed by atoms with E-state index in [-0.39, 0.29) is 22.1 Å². The molecular formula is C11H8FN3O3S. The molecule has 2 rings (SSSR count). The van der Waals surface area contributed by atoms with Gasteiger partial charge in [-0.2, -0.15) is 0 Å². The number of benzene rings is 1. The van der Waals surface area contributed by atoms with Crippen LogP contribution in [0.1, 0.15) is 20.8 Å². The summed E-state index contributed by atoms with van der Waals surface area (Å²) in [6.45, 7) is 0. The van der Waals surface area contributed by atoms with Crippen LogP contribution in [0.3, 0.4) is 0 Å². The van der Waals surface area contributed by atoms with E-state index in [1.165, 1.54) is 5.38 Å². The number of rotatable bonds is 3. The smallest absolute Gasteiger partial charge is 0.335 e. The van der Waals surface area contributed by atoms with Crippen LogP contribution in [-0.2, 0) is 0 Å². The maximum Gasteiger partial charge on any atom is 0.335 e. The number of carbonyl (C=O) groups is 2. The van der Waals surface area contributed by atoms with Crippen LogP contribution in [0.5, 0.6) is 0 Å². The molecule has 0 saturated carbocycles. The largest absolute Gasteiger partial charge is 0.478 e. The Morgan fingerprint density at radius 3 is 2.74 bits per heavy atom. The van der Waals surface area contributed by atoms with Crippen LogP contribution >= 0.6 is 11.3 Å². The Balaban J connectivity index is 2.25. The Morgan fingerprint density at radius 1 is 1.42 bits per heavy atom. The molecule has 0 fully saturated rings. The monoisotopic (exact) mass is 281 g/mol. The molecule has 0 bridgehead atoms. The van der Waals surface area contributed by atoms with E-state index in [4.69, 9.17) is 10.8 Å². The minimum absolute atomic E-state index is 0.0441. The highest BCUT2D eigenvalue weighted by atomic mass is 32.1. The number of nitrogen functional groups attached to an aromatic ring is 1. The van der Waals surface area contributed by atoms with Crippen molar-refractivity contribution in [3.05, 3.63) is 40.7 Å². The standard InChI is InChI=1S/C11H8FN3O3S/c12-6-2-1-5(10(17)18)3-7(6)14-9(16)8-4-19-11(13)15-8/h1-4H,(H2,13,15)(H,14,16)(H,17,18). The van der Waals surface area contributed by atoms with E-state index >= 15 is 0 Å². The van der Waals surface area contributed by atoms with Gasteiger partial charge in [0.25, 0.3) is 5.91 Å². The molecule has 0 atom stereocenters. The molecule has 0 aliphatic rings. The molecule has 6 nitrogen and oxygen atoms in total. The maximum atomic E-state index is 13.5. The minimum Gasteiger partial charge on any atom is -0.478 e. The maximum absolute atomic E-state index is 13.5. The van der Waals surface area contributed by atoms with Crippen molar-refractivity contribution in [2.45, 2.75) is 0 Å². The Morgan fingerprint density at radius 2 is 2.16 bits per heavy atom. The molecule has 0 radical (unpaired) electrons. The molecule has 0 saturated heterocycles. The number of carboxylic acid groups (broad SMARTS) is 1. The number of amides is 1. The fraction of sp³-hybridized carbons (Fsp3) is 0. The Labute approximate surface area is 110 Å². The number of aromatic carboxylic acids is 1. The first-order valence-corrected chi connectivity index (χ1v) is 5.90. The van der Waals surface area contributed by atoms with Gasteiger partial charge in [-0.25, -0.2) is 14.2 Å². The lowest BCUT2D eigenvalue weighted by Crippen LogP contribution is -2.14. The molecule has 2 aromatic rings. The van der Waals surface area contributed by atoms with Crippen molar-refractivity contribution in [1.82, 2.24) is 4.98 Å². The molecule has 1 aromatic heterocycles. The van der Waals surface area contributed by atoms with Crippen molar-refractivity contribution in [1.29, 1.82) is 0 Å². The molecule has 0 unspecified atom stereocenters. The van der Waals surface area contributed by atoms with E-state index in [1.807, 2.05) is 0 Å². The summed E-state index contributed by atoms with van der Waals surface area (Å²) < 4.78 is 13.5. The van der Waals surface area contributed by atoms with Crippen molar-refractivity contribution in [3.63, 3.8) is 0 Å². The molecule has 1 aromatic carbocycles. The predicted molar refractivity (Wildman–Crippen MR) is 67.8 cm³/mol. The molecule has 0 aliphatic carbocycles. The first kappa shape index (κ1) is 13.0. The molecule has 98 valence electrons. The molecule has 1 heterocycles. The van der Waals surface area contributed by atoms with Crippen molar-refractivity contribution in [2.75, 3.05) is 11.1 Å². The molecular weight excluding hydrogens is 273 g/mol. The Bertz CT molecular complexity index is 656. The van der Waals surface area contributed by atoms with E-state index in [2.05, 4.69) is 10.3 Å². The highest BCUT2D eigenvalue weighted by Crippen LogP contribution is 2.18. The third-order valence-electron chi connectivity index (χ3n) is 2.22. The van der Waals surface area contributed by atoms with Gasteiger partial charge in [0.05, 0.1) is 11.3 Å². The summed E-state index contributed by atoms with van der Waals surface area (Å²) in [5.41, 5.74) is 5.07. The number of carbonyl (C=O) groups excluding carboxylic acids is 1. The summed E-state index contributed by atoms with van der Waals surface area (Å²) >= 11 is 1.07. The summed E-state index contributed by atoms with van der Waals surface area (Å²) in [5.74, 6) is -2.61. The van der Waals surface area contributed by atoms with Gasteiger partial charge in [0.2, 0.25) is 0 Å². The lowest BCUT2D eigenvalue weighted by molar-refractivity contribution is 0.0696. The van der Waals surface area contributed by atoms with Gasteiger partial charge in [-0.15, -0.1) is 11.3 Å². The van der Waals surface area contributed by atoms with E-state index in [0.29, 0.717) is 0 Å².